The number of hydrogen-bond acceptors (Lipinski definition) is 3. The summed E-state index contributed by atoms with van der Waals surface area (Å²) in [5.41, 5.74) is -0.647. The maximum absolute atomic E-state index is 11.8. The van der Waals surface area contributed by atoms with Crippen molar-refractivity contribution in [1.29, 1.82) is 0 Å². The number of urea groups is 1. The number of amides is 2. The lowest BCUT2D eigenvalue weighted by Crippen LogP contribution is -2.53. The molecule has 2 rings (SSSR count). The topological polar surface area (TPSA) is 81.7 Å². The van der Waals surface area contributed by atoms with Crippen molar-refractivity contribution >= 4 is 12.0 Å². The van der Waals surface area contributed by atoms with Crippen LogP contribution < -0.4 is 10.6 Å². The van der Waals surface area contributed by atoms with E-state index >= 15 is 0 Å². The molecular weight excluding hydrogens is 258 g/mol. The molecule has 0 aromatic heterocycles. The molecule has 2 amide bonds. The Morgan fingerprint density at radius 1 is 1.05 bits per heavy atom. The van der Waals surface area contributed by atoms with Crippen LogP contribution in [0.2, 0.25) is 0 Å². The number of likely N-dealkylation sites (N-methyl/N-ethyl adjacent to an activating group) is 1. The van der Waals surface area contributed by atoms with Crippen molar-refractivity contribution in [3.8, 4) is 0 Å². The van der Waals surface area contributed by atoms with Crippen LogP contribution in [0.5, 0.6) is 0 Å². The molecule has 3 N–H and O–H groups in total. The number of carbonyl (C=O) groups is 2. The lowest BCUT2D eigenvalue weighted by molar-refractivity contribution is -0.143. The standard InChI is InChI=1S/C14H25N3O3/c1-17(2)14(5-3-4-6-14)10-16-12(20)15-9-13(7-8-13)11(18)19/h3-10H2,1-2H3,(H,18,19)(H2,15,16,20). The summed E-state index contributed by atoms with van der Waals surface area (Å²) in [5.74, 6) is -0.807. The van der Waals surface area contributed by atoms with Gasteiger partial charge in [-0.3, -0.25) is 4.79 Å². The fourth-order valence-corrected chi connectivity index (χ4v) is 2.99. The van der Waals surface area contributed by atoms with Gasteiger partial charge in [-0.2, -0.15) is 0 Å². The molecule has 0 radical (unpaired) electrons. The molecule has 0 aromatic rings. The van der Waals surface area contributed by atoms with Crippen LogP contribution in [-0.4, -0.2) is 54.7 Å². The van der Waals surface area contributed by atoms with Gasteiger partial charge in [0.25, 0.3) is 0 Å². The van der Waals surface area contributed by atoms with Crippen molar-refractivity contribution in [3.63, 3.8) is 0 Å². The monoisotopic (exact) mass is 283 g/mol. The first kappa shape index (κ1) is 15.1. The molecule has 2 aliphatic carbocycles. The van der Waals surface area contributed by atoms with Crippen LogP contribution >= 0.6 is 0 Å². The van der Waals surface area contributed by atoms with Crippen molar-refractivity contribution in [1.82, 2.24) is 15.5 Å². The summed E-state index contributed by atoms with van der Waals surface area (Å²) in [6, 6.07) is -0.259. The highest BCUT2D eigenvalue weighted by molar-refractivity contribution is 5.80. The van der Waals surface area contributed by atoms with Crippen LogP contribution in [0.3, 0.4) is 0 Å². The highest BCUT2D eigenvalue weighted by atomic mass is 16.4. The first-order valence-corrected chi connectivity index (χ1v) is 7.33. The van der Waals surface area contributed by atoms with E-state index < -0.39 is 11.4 Å². The summed E-state index contributed by atoms with van der Waals surface area (Å²) < 4.78 is 0. The minimum Gasteiger partial charge on any atom is -0.481 e. The lowest BCUT2D eigenvalue weighted by atomic mass is 9.96. The van der Waals surface area contributed by atoms with Crippen molar-refractivity contribution in [2.24, 2.45) is 5.41 Å². The van der Waals surface area contributed by atoms with E-state index in [1.165, 1.54) is 12.8 Å². The zero-order chi connectivity index (χ0) is 14.8. The van der Waals surface area contributed by atoms with Gasteiger partial charge in [-0.15, -0.1) is 0 Å². The van der Waals surface area contributed by atoms with Crippen molar-refractivity contribution < 1.29 is 14.7 Å². The van der Waals surface area contributed by atoms with E-state index in [4.69, 9.17) is 5.11 Å². The molecule has 114 valence electrons. The Morgan fingerprint density at radius 3 is 2.05 bits per heavy atom. The van der Waals surface area contributed by atoms with Crippen LogP contribution in [0, 0.1) is 5.41 Å². The summed E-state index contributed by atoms with van der Waals surface area (Å²) >= 11 is 0. The van der Waals surface area contributed by atoms with Gasteiger partial charge < -0.3 is 20.6 Å². The van der Waals surface area contributed by atoms with Gasteiger partial charge in [-0.1, -0.05) is 12.8 Å². The smallest absolute Gasteiger partial charge is 0.314 e. The van der Waals surface area contributed by atoms with Crippen LogP contribution in [0.1, 0.15) is 38.5 Å². The molecule has 6 nitrogen and oxygen atoms in total. The number of rotatable bonds is 6. The van der Waals surface area contributed by atoms with E-state index in [0.29, 0.717) is 19.4 Å². The summed E-state index contributed by atoms with van der Waals surface area (Å²) in [7, 11) is 4.10. The molecule has 0 aliphatic heterocycles. The second-order valence-electron chi connectivity index (χ2n) is 6.45. The summed E-state index contributed by atoms with van der Waals surface area (Å²) in [5, 5.41) is 14.7. The normalized spacial score (nSPS) is 22.6. The molecule has 0 bridgehead atoms. The average Bonchev–Trinajstić information content (AvgIpc) is 3.04. The predicted molar refractivity (Wildman–Crippen MR) is 75.6 cm³/mol. The zero-order valence-corrected chi connectivity index (χ0v) is 12.4. The maximum atomic E-state index is 11.8. The molecule has 2 saturated carbocycles. The van der Waals surface area contributed by atoms with Gasteiger partial charge in [0.15, 0.2) is 0 Å². The van der Waals surface area contributed by atoms with Crippen LogP contribution in [-0.2, 0) is 4.79 Å². The van der Waals surface area contributed by atoms with Crippen LogP contribution in [0.4, 0.5) is 4.79 Å². The van der Waals surface area contributed by atoms with E-state index in [1.54, 1.807) is 0 Å². The van der Waals surface area contributed by atoms with E-state index in [2.05, 4.69) is 29.6 Å². The Kier molecular flexibility index (Phi) is 4.22. The Morgan fingerprint density at radius 2 is 1.60 bits per heavy atom. The van der Waals surface area contributed by atoms with Crippen molar-refractivity contribution in [2.45, 2.75) is 44.1 Å². The first-order chi connectivity index (χ1) is 9.40. The summed E-state index contributed by atoms with van der Waals surface area (Å²) in [6.07, 6.45) is 5.90. The average molecular weight is 283 g/mol. The van der Waals surface area contributed by atoms with E-state index in [-0.39, 0.29) is 18.1 Å². The van der Waals surface area contributed by atoms with E-state index in [1.807, 2.05) is 0 Å². The minimum absolute atomic E-state index is 0.0570. The molecule has 0 saturated heterocycles. The van der Waals surface area contributed by atoms with E-state index in [0.717, 1.165) is 12.8 Å². The van der Waals surface area contributed by atoms with Gasteiger partial charge in [0, 0.05) is 18.6 Å². The van der Waals surface area contributed by atoms with Gasteiger partial charge >= 0.3 is 12.0 Å². The Hall–Kier alpha value is -1.30. The fraction of sp³-hybridized carbons (Fsp3) is 0.857. The number of nitrogens with one attached hydrogen (secondary N) is 2. The number of carboxylic acids is 1. The molecule has 2 fully saturated rings. The number of aliphatic carboxylic acids is 1. The molecule has 0 atom stereocenters. The summed E-state index contributed by atoms with van der Waals surface area (Å²) in [4.78, 5) is 25.0. The Balaban J connectivity index is 1.76. The minimum atomic E-state index is -0.807. The van der Waals surface area contributed by atoms with Crippen LogP contribution in [0.25, 0.3) is 0 Å². The van der Waals surface area contributed by atoms with Crippen molar-refractivity contribution in [2.75, 3.05) is 27.2 Å². The molecule has 0 spiro atoms. The van der Waals surface area contributed by atoms with E-state index in [9.17, 15) is 9.59 Å². The number of hydrogen-bond donors (Lipinski definition) is 3. The Bertz CT molecular complexity index is 385. The highest BCUT2D eigenvalue weighted by Crippen LogP contribution is 2.45. The lowest BCUT2D eigenvalue weighted by Gasteiger charge is -2.36. The van der Waals surface area contributed by atoms with Crippen LogP contribution in [0.15, 0.2) is 0 Å². The fourth-order valence-electron chi connectivity index (χ4n) is 2.99. The van der Waals surface area contributed by atoms with Gasteiger partial charge in [0.2, 0.25) is 0 Å². The highest BCUT2D eigenvalue weighted by Gasteiger charge is 2.50. The quantitative estimate of drug-likeness (QED) is 0.680. The first-order valence-electron chi connectivity index (χ1n) is 7.33. The maximum Gasteiger partial charge on any atom is 0.314 e. The third-order valence-electron chi connectivity index (χ3n) is 4.96. The van der Waals surface area contributed by atoms with Gasteiger partial charge in [-0.05, 0) is 39.8 Å². The third-order valence-corrected chi connectivity index (χ3v) is 4.96. The molecule has 6 heteroatoms. The Labute approximate surface area is 119 Å². The molecular formula is C14H25N3O3. The number of carbonyl (C=O) groups excluding carboxylic acids is 1. The second kappa shape index (κ2) is 5.60. The summed E-state index contributed by atoms with van der Waals surface area (Å²) in [6.45, 7) is 0.842. The third kappa shape index (κ3) is 3.06. The molecule has 0 heterocycles. The molecule has 0 unspecified atom stereocenters. The van der Waals surface area contributed by atoms with Crippen molar-refractivity contribution in [3.05, 3.63) is 0 Å². The largest absolute Gasteiger partial charge is 0.481 e. The zero-order valence-electron chi connectivity index (χ0n) is 12.4. The number of nitrogens with zero attached hydrogens (tertiary/aromatic N) is 1. The SMILES string of the molecule is CN(C)C1(CNC(=O)NCC2(C(=O)O)CC2)CCCC1. The number of carboxylic acid groups (broad SMARTS) is 1. The predicted octanol–water partition coefficient (Wildman–Crippen LogP) is 1.02. The molecule has 2 aliphatic rings. The second-order valence-corrected chi connectivity index (χ2v) is 6.45. The molecule has 20 heavy (non-hydrogen) atoms. The van der Waals surface area contributed by atoms with Gasteiger partial charge in [0.05, 0.1) is 5.41 Å². The van der Waals surface area contributed by atoms with Gasteiger partial charge in [0.1, 0.15) is 0 Å². The van der Waals surface area contributed by atoms with Gasteiger partial charge in [-0.25, -0.2) is 4.79 Å². The molecule has 0 aromatic carbocycles.